The Kier molecular flexibility index (Phi) is 5.85. The number of carbonyl (C=O) groups excluding carboxylic acids is 1. The van der Waals surface area contributed by atoms with E-state index in [1.54, 1.807) is 6.92 Å². The lowest BCUT2D eigenvalue weighted by atomic mass is 9.87. The van der Waals surface area contributed by atoms with Crippen LogP contribution in [0.4, 0.5) is 10.5 Å². The molecule has 1 unspecified atom stereocenters. The molecule has 6 heteroatoms. The minimum atomic E-state index is -0.397. The van der Waals surface area contributed by atoms with Gasteiger partial charge in [-0.2, -0.15) is 5.10 Å². The standard InChI is InChI=1S/C19H28N4O2/c1-13-10-14(2)23(22-13)17-9-7-6-8-16(17)21-18(25)20-12-19(4,5)11-15(3)24/h6-10,15,24H,11-12H2,1-5H3,(H2,20,21,25). The molecular weight excluding hydrogens is 316 g/mol. The molecule has 0 radical (unpaired) electrons. The van der Waals surface area contributed by atoms with Gasteiger partial charge in [0, 0.05) is 12.2 Å². The van der Waals surface area contributed by atoms with Gasteiger partial charge in [-0.3, -0.25) is 0 Å². The zero-order valence-corrected chi connectivity index (χ0v) is 15.6. The van der Waals surface area contributed by atoms with Crippen LogP contribution < -0.4 is 10.6 Å². The lowest BCUT2D eigenvalue weighted by Gasteiger charge is -2.26. The third-order valence-corrected chi connectivity index (χ3v) is 3.97. The number of urea groups is 1. The first kappa shape index (κ1) is 19.0. The lowest BCUT2D eigenvalue weighted by molar-refractivity contribution is 0.129. The van der Waals surface area contributed by atoms with Crippen LogP contribution in [0.25, 0.3) is 5.69 Å². The number of hydrogen-bond donors (Lipinski definition) is 3. The highest BCUT2D eigenvalue weighted by atomic mass is 16.3. The van der Waals surface area contributed by atoms with Crippen LogP contribution in [0.15, 0.2) is 30.3 Å². The number of aryl methyl sites for hydroxylation is 2. The molecule has 1 aromatic heterocycles. The summed E-state index contributed by atoms with van der Waals surface area (Å²) in [6.45, 7) is 10.2. The second-order valence-electron chi connectivity index (χ2n) is 7.38. The summed E-state index contributed by atoms with van der Waals surface area (Å²) in [6, 6.07) is 9.30. The van der Waals surface area contributed by atoms with Gasteiger partial charge in [0.1, 0.15) is 0 Å². The van der Waals surface area contributed by atoms with Crippen LogP contribution in [0.1, 0.15) is 38.6 Å². The number of aliphatic hydroxyl groups excluding tert-OH is 1. The van der Waals surface area contributed by atoms with Gasteiger partial charge in [0.05, 0.1) is 23.2 Å². The van der Waals surface area contributed by atoms with E-state index in [9.17, 15) is 9.90 Å². The number of hydrogen-bond acceptors (Lipinski definition) is 3. The predicted molar refractivity (Wildman–Crippen MR) is 100 cm³/mol. The molecule has 0 aliphatic heterocycles. The van der Waals surface area contributed by atoms with Crippen molar-refractivity contribution in [2.75, 3.05) is 11.9 Å². The molecule has 6 nitrogen and oxygen atoms in total. The molecule has 2 amide bonds. The predicted octanol–water partition coefficient (Wildman–Crippen LogP) is 3.41. The Labute approximate surface area is 149 Å². The molecule has 0 aliphatic rings. The molecule has 0 saturated heterocycles. The number of amides is 2. The molecule has 0 aliphatic carbocycles. The molecular formula is C19H28N4O2. The molecule has 0 bridgehead atoms. The molecule has 0 saturated carbocycles. The van der Waals surface area contributed by atoms with Crippen molar-refractivity contribution in [3.63, 3.8) is 0 Å². The number of rotatable bonds is 6. The number of anilines is 1. The van der Waals surface area contributed by atoms with Crippen molar-refractivity contribution >= 4 is 11.7 Å². The van der Waals surface area contributed by atoms with Crippen LogP contribution in [-0.2, 0) is 0 Å². The van der Waals surface area contributed by atoms with Crippen molar-refractivity contribution < 1.29 is 9.90 Å². The van der Waals surface area contributed by atoms with Crippen molar-refractivity contribution in [3.05, 3.63) is 41.7 Å². The van der Waals surface area contributed by atoms with Gasteiger partial charge in [-0.15, -0.1) is 0 Å². The highest BCUT2D eigenvalue weighted by Gasteiger charge is 2.21. The Morgan fingerprint density at radius 1 is 1.32 bits per heavy atom. The molecule has 2 aromatic rings. The summed E-state index contributed by atoms with van der Waals surface area (Å²) in [7, 11) is 0. The largest absolute Gasteiger partial charge is 0.393 e. The fourth-order valence-corrected chi connectivity index (χ4v) is 2.99. The van der Waals surface area contributed by atoms with Gasteiger partial charge in [0.15, 0.2) is 0 Å². The molecule has 1 atom stereocenters. The summed E-state index contributed by atoms with van der Waals surface area (Å²) in [4.78, 5) is 12.3. The number of carbonyl (C=O) groups is 1. The zero-order valence-electron chi connectivity index (χ0n) is 15.6. The molecule has 1 heterocycles. The smallest absolute Gasteiger partial charge is 0.319 e. The molecule has 25 heavy (non-hydrogen) atoms. The van der Waals surface area contributed by atoms with Crippen LogP contribution in [0, 0.1) is 19.3 Å². The van der Waals surface area contributed by atoms with E-state index in [1.807, 2.05) is 62.7 Å². The minimum Gasteiger partial charge on any atom is -0.393 e. The van der Waals surface area contributed by atoms with Crippen LogP contribution in [-0.4, -0.2) is 33.6 Å². The normalized spacial score (nSPS) is 12.7. The summed E-state index contributed by atoms with van der Waals surface area (Å²) in [5.41, 5.74) is 3.27. The van der Waals surface area contributed by atoms with E-state index in [2.05, 4.69) is 15.7 Å². The van der Waals surface area contributed by atoms with Crippen LogP contribution in [0.5, 0.6) is 0 Å². The summed E-state index contributed by atoms with van der Waals surface area (Å²) in [6.07, 6.45) is 0.224. The van der Waals surface area contributed by atoms with Crippen molar-refractivity contribution in [2.45, 2.75) is 47.1 Å². The molecule has 0 spiro atoms. The van der Waals surface area contributed by atoms with E-state index in [0.717, 1.165) is 17.1 Å². The van der Waals surface area contributed by atoms with Crippen LogP contribution in [0.3, 0.4) is 0 Å². The average Bonchev–Trinajstić information content (AvgIpc) is 2.83. The van der Waals surface area contributed by atoms with Gasteiger partial charge >= 0.3 is 6.03 Å². The summed E-state index contributed by atoms with van der Waals surface area (Å²) in [5.74, 6) is 0. The van der Waals surface area contributed by atoms with E-state index in [-0.39, 0.29) is 11.4 Å². The first-order chi connectivity index (χ1) is 11.7. The molecule has 2 rings (SSSR count). The third-order valence-electron chi connectivity index (χ3n) is 3.97. The fraction of sp³-hybridized carbons (Fsp3) is 0.474. The first-order valence-electron chi connectivity index (χ1n) is 8.53. The van der Waals surface area contributed by atoms with Gasteiger partial charge in [-0.05, 0) is 50.8 Å². The summed E-state index contributed by atoms with van der Waals surface area (Å²) >= 11 is 0. The van der Waals surface area contributed by atoms with E-state index in [0.29, 0.717) is 18.7 Å². The first-order valence-corrected chi connectivity index (χ1v) is 8.53. The SMILES string of the molecule is Cc1cc(C)n(-c2ccccc2NC(=O)NCC(C)(C)CC(C)O)n1. The van der Waals surface area contributed by atoms with Gasteiger partial charge in [-0.1, -0.05) is 26.0 Å². The second kappa shape index (κ2) is 7.70. The maximum Gasteiger partial charge on any atom is 0.319 e. The van der Waals surface area contributed by atoms with Gasteiger partial charge < -0.3 is 15.7 Å². The quantitative estimate of drug-likeness (QED) is 0.751. The third kappa shape index (κ3) is 5.32. The average molecular weight is 344 g/mol. The Bertz CT molecular complexity index is 735. The van der Waals surface area contributed by atoms with Crippen molar-refractivity contribution in [2.24, 2.45) is 5.41 Å². The second-order valence-corrected chi connectivity index (χ2v) is 7.38. The van der Waals surface area contributed by atoms with E-state index in [1.165, 1.54) is 0 Å². The maximum absolute atomic E-state index is 12.3. The number of nitrogens with one attached hydrogen (secondary N) is 2. The highest BCUT2D eigenvalue weighted by molar-refractivity contribution is 5.91. The summed E-state index contributed by atoms with van der Waals surface area (Å²) in [5, 5.41) is 19.8. The number of aromatic nitrogens is 2. The lowest BCUT2D eigenvalue weighted by Crippen LogP contribution is -2.38. The molecule has 136 valence electrons. The number of aliphatic hydroxyl groups is 1. The Morgan fingerprint density at radius 2 is 2.00 bits per heavy atom. The van der Waals surface area contributed by atoms with Gasteiger partial charge in [0.25, 0.3) is 0 Å². The van der Waals surface area contributed by atoms with Crippen molar-refractivity contribution in [3.8, 4) is 5.69 Å². The van der Waals surface area contributed by atoms with Gasteiger partial charge in [-0.25, -0.2) is 9.48 Å². The van der Waals surface area contributed by atoms with E-state index >= 15 is 0 Å². The Hall–Kier alpha value is -2.34. The monoisotopic (exact) mass is 344 g/mol. The van der Waals surface area contributed by atoms with Crippen molar-refractivity contribution in [1.29, 1.82) is 0 Å². The maximum atomic E-state index is 12.3. The van der Waals surface area contributed by atoms with Gasteiger partial charge in [0.2, 0.25) is 0 Å². The topological polar surface area (TPSA) is 79.2 Å². The summed E-state index contributed by atoms with van der Waals surface area (Å²) < 4.78 is 1.82. The Balaban J connectivity index is 2.08. The number of benzene rings is 1. The minimum absolute atomic E-state index is 0.180. The number of nitrogens with zero attached hydrogens (tertiary/aromatic N) is 2. The highest BCUT2D eigenvalue weighted by Crippen LogP contribution is 2.23. The van der Waals surface area contributed by atoms with Crippen LogP contribution >= 0.6 is 0 Å². The number of para-hydroxylation sites is 2. The van der Waals surface area contributed by atoms with Crippen molar-refractivity contribution in [1.82, 2.24) is 15.1 Å². The van der Waals surface area contributed by atoms with E-state index < -0.39 is 6.10 Å². The fourth-order valence-electron chi connectivity index (χ4n) is 2.99. The van der Waals surface area contributed by atoms with Crippen LogP contribution in [0.2, 0.25) is 0 Å². The zero-order chi connectivity index (χ0) is 18.6. The Morgan fingerprint density at radius 3 is 2.60 bits per heavy atom. The molecule has 3 N–H and O–H groups in total. The molecule has 1 aromatic carbocycles. The molecule has 0 fully saturated rings. The van der Waals surface area contributed by atoms with E-state index in [4.69, 9.17) is 0 Å².